The van der Waals surface area contributed by atoms with Crippen molar-refractivity contribution in [2.75, 3.05) is 0 Å². The van der Waals surface area contributed by atoms with Gasteiger partial charge in [-0.25, -0.2) is 0 Å². The van der Waals surface area contributed by atoms with Crippen LogP contribution in [0.5, 0.6) is 0 Å². The van der Waals surface area contributed by atoms with E-state index in [1.807, 2.05) is 0 Å². The van der Waals surface area contributed by atoms with Crippen LogP contribution in [-0.2, 0) is 30.0 Å². The van der Waals surface area contributed by atoms with Crippen molar-refractivity contribution in [3.05, 3.63) is 0 Å². The van der Waals surface area contributed by atoms with Gasteiger partial charge in [0.25, 0.3) is 16.1 Å². The van der Waals surface area contributed by atoms with Crippen LogP contribution >= 0.6 is 23.2 Å². The van der Waals surface area contributed by atoms with E-state index in [2.05, 4.69) is 11.5 Å². The molecule has 0 aliphatic carbocycles. The van der Waals surface area contributed by atoms with Crippen LogP contribution in [0.3, 0.4) is 0 Å². The van der Waals surface area contributed by atoms with Crippen LogP contribution in [0.15, 0.2) is 0 Å². The molecule has 0 unspecified atom stereocenters. The van der Waals surface area contributed by atoms with Crippen molar-refractivity contribution in [3.63, 3.8) is 0 Å². The van der Waals surface area contributed by atoms with Crippen molar-refractivity contribution in [2.45, 2.75) is 4.33 Å². The number of halogens is 2. The molecule has 0 fully saturated rings. The molecule has 0 heterocycles. The van der Waals surface area contributed by atoms with Gasteiger partial charge in [0.1, 0.15) is 0 Å². The van der Waals surface area contributed by atoms with Crippen molar-refractivity contribution in [1.82, 2.24) is 0 Å². The van der Waals surface area contributed by atoms with Crippen LogP contribution in [0.4, 0.5) is 0 Å². The molecule has 0 atom stereocenters. The number of nitrogens with two attached hydrogens (primary N) is 2. The van der Waals surface area contributed by atoms with Crippen LogP contribution in [0.25, 0.3) is 0 Å². The summed E-state index contributed by atoms with van der Waals surface area (Å²) in [4.78, 5) is 20.2. The zero-order valence-electron chi connectivity index (χ0n) is 4.54. The molecule has 4 nitrogen and oxygen atoms in total. The number of primary amides is 2. The number of amides is 2. The van der Waals surface area contributed by atoms with Crippen LogP contribution < -0.4 is 11.5 Å². The van der Waals surface area contributed by atoms with E-state index in [-0.39, 0.29) is 20.4 Å². The zero-order chi connectivity index (χ0) is 7.65. The van der Waals surface area contributed by atoms with Gasteiger partial charge in [-0.15, -0.1) is 0 Å². The summed E-state index contributed by atoms with van der Waals surface area (Å²) in [6.07, 6.45) is 0. The molecule has 62 valence electrons. The average Bonchev–Trinajstić information content (AvgIpc) is 1.65. The summed E-state index contributed by atoms with van der Waals surface area (Å²) in [5, 5.41) is 0. The van der Waals surface area contributed by atoms with E-state index in [0.29, 0.717) is 0 Å². The first-order valence-electron chi connectivity index (χ1n) is 1.86. The van der Waals surface area contributed by atoms with Gasteiger partial charge in [-0.2, -0.15) is 0 Å². The second-order valence-electron chi connectivity index (χ2n) is 1.30. The standard InChI is InChI=1S/C3H4Cl2N2O2.Pd/c4-3(5,1(6)8)2(7)9;/h(H2,6,8)(H2,7,9);. The Kier molecular flexibility index (Phi) is 5.31. The Morgan fingerprint density at radius 3 is 1.30 bits per heavy atom. The molecule has 0 bridgehead atoms. The number of alkyl halides is 2. The van der Waals surface area contributed by atoms with E-state index in [9.17, 15) is 9.59 Å². The molecular weight excluding hydrogens is 273 g/mol. The van der Waals surface area contributed by atoms with Crippen molar-refractivity contribution in [1.29, 1.82) is 0 Å². The van der Waals surface area contributed by atoms with Crippen LogP contribution in [-0.4, -0.2) is 16.1 Å². The molecule has 0 aliphatic heterocycles. The van der Waals surface area contributed by atoms with Gasteiger partial charge in [0.2, 0.25) is 0 Å². The molecule has 0 aromatic heterocycles. The number of hydrogen-bond acceptors (Lipinski definition) is 2. The van der Waals surface area contributed by atoms with Gasteiger partial charge in [-0.05, 0) is 0 Å². The minimum Gasteiger partial charge on any atom is -0.367 e. The summed E-state index contributed by atoms with van der Waals surface area (Å²) in [6, 6.07) is 0. The van der Waals surface area contributed by atoms with E-state index < -0.39 is 16.1 Å². The Hall–Kier alpha value is 0.182. The number of carbonyl (C=O) groups excluding carboxylic acids is 2. The maximum Gasteiger partial charge on any atom is 0.273 e. The summed E-state index contributed by atoms with van der Waals surface area (Å²) in [5.74, 6) is -2.34. The van der Waals surface area contributed by atoms with E-state index in [1.54, 1.807) is 0 Å². The molecule has 0 rings (SSSR count). The number of carbonyl (C=O) groups is 2. The second-order valence-corrected chi connectivity index (χ2v) is 2.63. The molecule has 7 heteroatoms. The van der Waals surface area contributed by atoms with Crippen molar-refractivity contribution in [2.24, 2.45) is 11.5 Å². The number of hydrogen-bond donors (Lipinski definition) is 2. The van der Waals surface area contributed by atoms with Crippen molar-refractivity contribution >= 4 is 35.0 Å². The Balaban J connectivity index is 0. The fraction of sp³-hybridized carbons (Fsp3) is 0.333. The first-order chi connectivity index (χ1) is 3.89. The molecule has 0 aromatic rings. The van der Waals surface area contributed by atoms with E-state index in [1.165, 1.54) is 0 Å². The Morgan fingerprint density at radius 2 is 1.30 bits per heavy atom. The molecule has 0 saturated heterocycles. The third-order valence-electron chi connectivity index (χ3n) is 0.619. The van der Waals surface area contributed by atoms with E-state index >= 15 is 0 Å². The summed E-state index contributed by atoms with van der Waals surface area (Å²) in [7, 11) is 0. The van der Waals surface area contributed by atoms with Crippen molar-refractivity contribution < 1.29 is 30.0 Å². The first kappa shape index (κ1) is 12.8. The third-order valence-corrected chi connectivity index (χ3v) is 1.36. The minimum absolute atomic E-state index is 0. The molecule has 2 amide bonds. The van der Waals surface area contributed by atoms with Crippen LogP contribution in [0.1, 0.15) is 0 Å². The van der Waals surface area contributed by atoms with Gasteiger partial charge < -0.3 is 11.5 Å². The Labute approximate surface area is 80.9 Å². The van der Waals surface area contributed by atoms with Gasteiger partial charge in [0.05, 0.1) is 0 Å². The zero-order valence-corrected chi connectivity index (χ0v) is 7.61. The van der Waals surface area contributed by atoms with Crippen molar-refractivity contribution in [3.8, 4) is 0 Å². The fourth-order valence-electron chi connectivity index (χ4n) is 0.121. The topological polar surface area (TPSA) is 86.2 Å². The normalized spacial score (nSPS) is 9.80. The number of rotatable bonds is 2. The summed E-state index contributed by atoms with van der Waals surface area (Å²) < 4.78 is -2.28. The van der Waals surface area contributed by atoms with Gasteiger partial charge >= 0.3 is 0 Å². The van der Waals surface area contributed by atoms with E-state index in [4.69, 9.17) is 23.2 Å². The quantitative estimate of drug-likeness (QED) is 0.390. The average molecular weight is 277 g/mol. The molecule has 0 saturated carbocycles. The fourth-order valence-corrected chi connectivity index (χ4v) is 0.121. The SMILES string of the molecule is NC(=O)C(Cl)(Cl)C(N)=O.[Pd]. The van der Waals surface area contributed by atoms with Crippen LogP contribution in [0, 0.1) is 0 Å². The molecule has 0 radical (unpaired) electrons. The predicted molar refractivity (Wildman–Crippen MR) is 32.8 cm³/mol. The van der Waals surface area contributed by atoms with Crippen LogP contribution in [0.2, 0.25) is 0 Å². The molecular formula is C3H4Cl2N2O2Pd. The summed E-state index contributed by atoms with van der Waals surface area (Å²) >= 11 is 10.0. The Morgan fingerprint density at radius 1 is 1.10 bits per heavy atom. The Bertz CT molecular complexity index is 145. The largest absolute Gasteiger partial charge is 0.367 e. The maximum atomic E-state index is 10.1. The summed E-state index contributed by atoms with van der Waals surface area (Å²) in [5.41, 5.74) is 9.14. The maximum absolute atomic E-state index is 10.1. The third kappa shape index (κ3) is 2.84. The van der Waals surface area contributed by atoms with Gasteiger partial charge in [0.15, 0.2) is 0 Å². The first-order valence-corrected chi connectivity index (χ1v) is 2.62. The summed E-state index contributed by atoms with van der Waals surface area (Å²) in [6.45, 7) is 0. The van der Waals surface area contributed by atoms with Gasteiger partial charge in [-0.3, -0.25) is 9.59 Å². The van der Waals surface area contributed by atoms with E-state index in [0.717, 1.165) is 0 Å². The predicted octanol–water partition coefficient (Wildman–Crippen LogP) is -0.872. The smallest absolute Gasteiger partial charge is 0.273 e. The molecule has 0 aromatic carbocycles. The van der Waals surface area contributed by atoms with Gasteiger partial charge in [-0.1, -0.05) is 23.2 Å². The minimum atomic E-state index is -2.28. The second kappa shape index (κ2) is 4.14. The molecule has 0 aliphatic rings. The monoisotopic (exact) mass is 276 g/mol. The molecule has 0 spiro atoms. The van der Waals surface area contributed by atoms with Gasteiger partial charge in [0, 0.05) is 20.4 Å². The molecule has 4 N–H and O–H groups in total. The molecule has 10 heavy (non-hydrogen) atoms.